The van der Waals surface area contributed by atoms with Gasteiger partial charge in [0.25, 0.3) is 0 Å². The Morgan fingerprint density at radius 3 is 2.48 bits per heavy atom. The first-order chi connectivity index (χ1) is 14.0. The number of carbonyl (C=O) groups excluding carboxylic acids is 1. The molecular formula is C26H25NO2. The van der Waals surface area contributed by atoms with E-state index in [1.54, 1.807) is 7.11 Å². The van der Waals surface area contributed by atoms with Crippen LogP contribution in [0.1, 0.15) is 43.9 Å². The van der Waals surface area contributed by atoms with Crippen molar-refractivity contribution in [2.45, 2.75) is 32.7 Å². The van der Waals surface area contributed by atoms with E-state index in [2.05, 4.69) is 61.6 Å². The van der Waals surface area contributed by atoms with Gasteiger partial charge in [0.15, 0.2) is 5.78 Å². The fraction of sp³-hybridized carbons (Fsp3) is 0.269. The molecule has 3 heteroatoms. The molecule has 0 fully saturated rings. The molecule has 0 aromatic heterocycles. The van der Waals surface area contributed by atoms with Crippen molar-refractivity contribution in [1.82, 2.24) is 0 Å². The number of Topliss-reactive ketones (excluding diaryl/α,β-unsaturated/α-hetero) is 1. The number of anilines is 1. The van der Waals surface area contributed by atoms with Crippen molar-refractivity contribution in [2.24, 2.45) is 5.41 Å². The van der Waals surface area contributed by atoms with Gasteiger partial charge in [-0.3, -0.25) is 4.79 Å². The van der Waals surface area contributed by atoms with E-state index < -0.39 is 0 Å². The molecule has 1 N–H and O–H groups in total. The van der Waals surface area contributed by atoms with Crippen LogP contribution in [-0.4, -0.2) is 12.9 Å². The summed E-state index contributed by atoms with van der Waals surface area (Å²) in [5.74, 6) is 1.10. The Morgan fingerprint density at radius 2 is 1.72 bits per heavy atom. The third-order valence-electron chi connectivity index (χ3n) is 6.18. The zero-order valence-corrected chi connectivity index (χ0v) is 17.1. The fourth-order valence-electron chi connectivity index (χ4n) is 4.90. The van der Waals surface area contributed by atoms with Crippen LogP contribution in [-0.2, 0) is 4.79 Å². The summed E-state index contributed by atoms with van der Waals surface area (Å²) >= 11 is 0. The minimum Gasteiger partial charge on any atom is -0.497 e. The van der Waals surface area contributed by atoms with Gasteiger partial charge in [0.05, 0.1) is 13.2 Å². The van der Waals surface area contributed by atoms with E-state index in [0.29, 0.717) is 6.42 Å². The molecule has 3 aromatic rings. The Hall–Kier alpha value is -3.07. The quantitative estimate of drug-likeness (QED) is 0.576. The maximum Gasteiger partial charge on any atom is 0.164 e. The monoisotopic (exact) mass is 383 g/mol. The van der Waals surface area contributed by atoms with Crippen LogP contribution in [0.4, 0.5) is 5.69 Å². The number of benzene rings is 3. The number of nitrogens with one attached hydrogen (secondary N) is 1. The molecule has 1 aliphatic carbocycles. The Kier molecular flexibility index (Phi) is 4.02. The molecule has 0 saturated carbocycles. The lowest BCUT2D eigenvalue weighted by molar-refractivity contribution is -0.116. The summed E-state index contributed by atoms with van der Waals surface area (Å²) in [7, 11) is 1.68. The molecule has 3 aromatic carbocycles. The molecule has 0 saturated heterocycles. The Morgan fingerprint density at radius 1 is 0.966 bits per heavy atom. The summed E-state index contributed by atoms with van der Waals surface area (Å²) in [6.45, 7) is 4.39. The SMILES string of the molecule is COc1ccc([C@@H]2Nc3ccc4ccccc4c3C3=C2CC(C)(C)CC3=O)cc1. The maximum absolute atomic E-state index is 13.4. The van der Waals surface area contributed by atoms with Crippen LogP contribution in [0.25, 0.3) is 16.3 Å². The van der Waals surface area contributed by atoms with Gasteiger partial charge < -0.3 is 10.1 Å². The Labute approximate surface area is 171 Å². The van der Waals surface area contributed by atoms with Gasteiger partial charge in [0.1, 0.15) is 5.75 Å². The minimum atomic E-state index is -0.0373. The van der Waals surface area contributed by atoms with Crippen molar-refractivity contribution in [3.05, 3.63) is 77.4 Å². The average Bonchev–Trinajstić information content (AvgIpc) is 2.72. The number of ether oxygens (including phenoxy) is 1. The van der Waals surface area contributed by atoms with Gasteiger partial charge in [-0.05, 0) is 51.9 Å². The van der Waals surface area contributed by atoms with Gasteiger partial charge in [-0.2, -0.15) is 0 Å². The van der Waals surface area contributed by atoms with Gasteiger partial charge in [0, 0.05) is 23.2 Å². The second kappa shape index (κ2) is 6.48. The molecule has 2 aliphatic rings. The summed E-state index contributed by atoms with van der Waals surface area (Å²) in [4.78, 5) is 13.4. The third kappa shape index (κ3) is 2.93. The third-order valence-corrected chi connectivity index (χ3v) is 6.18. The molecule has 1 atom stereocenters. The summed E-state index contributed by atoms with van der Waals surface area (Å²) in [6, 6.07) is 20.8. The van der Waals surface area contributed by atoms with E-state index in [0.717, 1.165) is 39.9 Å². The van der Waals surface area contributed by atoms with Crippen molar-refractivity contribution in [2.75, 3.05) is 12.4 Å². The van der Waals surface area contributed by atoms with Crippen LogP contribution in [0, 0.1) is 5.41 Å². The van der Waals surface area contributed by atoms with Crippen molar-refractivity contribution < 1.29 is 9.53 Å². The second-order valence-corrected chi connectivity index (χ2v) is 8.90. The number of allylic oxidation sites excluding steroid dienone is 1. The number of methoxy groups -OCH3 is 1. The number of ketones is 1. The highest BCUT2D eigenvalue weighted by molar-refractivity contribution is 6.28. The molecular weight excluding hydrogens is 358 g/mol. The van der Waals surface area contributed by atoms with E-state index in [1.165, 1.54) is 11.0 Å². The highest BCUT2D eigenvalue weighted by atomic mass is 16.5. The van der Waals surface area contributed by atoms with Crippen LogP contribution in [0.5, 0.6) is 5.75 Å². The minimum absolute atomic E-state index is 0.00640. The lowest BCUT2D eigenvalue weighted by Gasteiger charge is -2.40. The predicted molar refractivity (Wildman–Crippen MR) is 118 cm³/mol. The Balaban J connectivity index is 1.76. The average molecular weight is 383 g/mol. The molecule has 146 valence electrons. The Bertz CT molecular complexity index is 1160. The van der Waals surface area contributed by atoms with E-state index in [4.69, 9.17) is 4.74 Å². The van der Waals surface area contributed by atoms with Gasteiger partial charge in [-0.15, -0.1) is 0 Å². The van der Waals surface area contributed by atoms with Crippen molar-refractivity contribution in [3.8, 4) is 5.75 Å². The highest BCUT2D eigenvalue weighted by Crippen LogP contribution is 2.51. The lowest BCUT2D eigenvalue weighted by atomic mass is 9.68. The first-order valence-corrected chi connectivity index (χ1v) is 10.2. The molecule has 0 unspecified atom stereocenters. The van der Waals surface area contributed by atoms with Crippen LogP contribution < -0.4 is 10.1 Å². The zero-order valence-electron chi connectivity index (χ0n) is 17.1. The number of fused-ring (bicyclic) bond motifs is 4. The van der Waals surface area contributed by atoms with Crippen LogP contribution in [0.15, 0.2) is 66.2 Å². The van der Waals surface area contributed by atoms with Gasteiger partial charge in [-0.1, -0.05) is 56.3 Å². The molecule has 5 rings (SSSR count). The summed E-state index contributed by atoms with van der Waals surface area (Å²) < 4.78 is 5.33. The molecule has 0 bridgehead atoms. The van der Waals surface area contributed by atoms with Crippen molar-refractivity contribution in [3.63, 3.8) is 0 Å². The summed E-state index contributed by atoms with van der Waals surface area (Å²) in [5.41, 5.74) is 5.36. The molecule has 29 heavy (non-hydrogen) atoms. The van der Waals surface area contributed by atoms with E-state index in [9.17, 15) is 4.79 Å². The molecule has 1 heterocycles. The summed E-state index contributed by atoms with van der Waals surface area (Å²) in [6.07, 6.45) is 1.49. The van der Waals surface area contributed by atoms with Crippen LogP contribution in [0.2, 0.25) is 0 Å². The largest absolute Gasteiger partial charge is 0.497 e. The fourth-order valence-corrected chi connectivity index (χ4v) is 4.90. The normalized spacial score (nSPS) is 20.1. The number of hydrogen-bond acceptors (Lipinski definition) is 3. The zero-order chi connectivity index (χ0) is 20.2. The van der Waals surface area contributed by atoms with Gasteiger partial charge in [0.2, 0.25) is 0 Å². The number of rotatable bonds is 2. The van der Waals surface area contributed by atoms with E-state index in [1.807, 2.05) is 18.2 Å². The van der Waals surface area contributed by atoms with Crippen molar-refractivity contribution in [1.29, 1.82) is 0 Å². The molecule has 0 radical (unpaired) electrons. The molecule has 3 nitrogen and oxygen atoms in total. The first-order valence-electron chi connectivity index (χ1n) is 10.2. The smallest absolute Gasteiger partial charge is 0.164 e. The predicted octanol–water partition coefficient (Wildman–Crippen LogP) is 6.16. The molecule has 0 amide bonds. The number of carbonyl (C=O) groups is 1. The summed E-state index contributed by atoms with van der Waals surface area (Å²) in [5, 5.41) is 6.06. The van der Waals surface area contributed by atoms with Crippen LogP contribution in [0.3, 0.4) is 0 Å². The molecule has 1 aliphatic heterocycles. The lowest BCUT2D eigenvalue weighted by Crippen LogP contribution is -2.32. The topological polar surface area (TPSA) is 38.3 Å². The number of hydrogen-bond donors (Lipinski definition) is 1. The standard InChI is InChI=1S/C26H25NO2/c1-26(2)14-20-24(22(28)15-26)23-19-7-5-4-6-16(19)10-13-21(23)27-25(20)17-8-11-18(29-3)12-9-17/h4-13,25,27H,14-15H2,1-3H3/t25-/m0/s1. The van der Waals surface area contributed by atoms with Gasteiger partial charge in [-0.25, -0.2) is 0 Å². The van der Waals surface area contributed by atoms with Gasteiger partial charge >= 0.3 is 0 Å². The molecule has 0 spiro atoms. The van der Waals surface area contributed by atoms with E-state index in [-0.39, 0.29) is 17.2 Å². The van der Waals surface area contributed by atoms with E-state index >= 15 is 0 Å². The van der Waals surface area contributed by atoms with Crippen LogP contribution >= 0.6 is 0 Å². The highest BCUT2D eigenvalue weighted by Gasteiger charge is 2.40. The first kappa shape index (κ1) is 18.0. The maximum atomic E-state index is 13.4. The van der Waals surface area contributed by atoms with Crippen molar-refractivity contribution >= 4 is 27.8 Å². The second-order valence-electron chi connectivity index (χ2n) is 8.90.